The molecule has 0 aromatic rings. The Morgan fingerprint density at radius 3 is 2.00 bits per heavy atom. The van der Waals surface area contributed by atoms with Crippen molar-refractivity contribution in [1.82, 2.24) is 5.32 Å². The zero-order chi connectivity index (χ0) is 14.3. The first-order valence-electron chi connectivity index (χ1n) is 4.91. The fraction of sp³-hybridized carbons (Fsp3) is 0.545. The van der Waals surface area contributed by atoms with Gasteiger partial charge >= 0.3 is 0 Å². The molecule has 5 nitrogen and oxygen atoms in total. The lowest BCUT2D eigenvalue weighted by Gasteiger charge is -2.23. The van der Waals surface area contributed by atoms with Crippen molar-refractivity contribution in [2.75, 3.05) is 5.75 Å². The summed E-state index contributed by atoms with van der Waals surface area (Å²) in [5, 5.41) is 2.37. The minimum atomic E-state index is -4.08. The van der Waals surface area contributed by atoms with E-state index in [-0.39, 0.29) is 0 Å². The van der Waals surface area contributed by atoms with Crippen LogP contribution in [0.2, 0.25) is 0 Å². The van der Waals surface area contributed by atoms with Crippen LogP contribution < -0.4 is 5.32 Å². The first-order chi connectivity index (χ1) is 7.39. The van der Waals surface area contributed by atoms with E-state index in [9.17, 15) is 13.2 Å². The summed E-state index contributed by atoms with van der Waals surface area (Å²) in [6.07, 6.45) is 1.03. The zero-order valence-electron chi connectivity index (χ0n) is 10.8. The molecule has 0 bridgehead atoms. The number of nitrogens with one attached hydrogen (secondary N) is 1. The summed E-state index contributed by atoms with van der Waals surface area (Å²) in [4.78, 5) is 10.8. The van der Waals surface area contributed by atoms with Crippen LogP contribution in [0.1, 0.15) is 27.7 Å². The normalized spacial score (nSPS) is 10.9. The van der Waals surface area contributed by atoms with Crippen LogP contribution in [0.15, 0.2) is 24.8 Å². The van der Waals surface area contributed by atoms with Gasteiger partial charge in [0.25, 0.3) is 10.1 Å². The Morgan fingerprint density at radius 2 is 1.76 bits per heavy atom. The summed E-state index contributed by atoms with van der Waals surface area (Å²) in [7, 11) is -4.08. The lowest BCUT2D eigenvalue weighted by atomic mass is 10.1. The molecule has 0 spiro atoms. The predicted molar refractivity (Wildman–Crippen MR) is 69.3 cm³/mol. The van der Waals surface area contributed by atoms with Crippen LogP contribution in [0.3, 0.4) is 0 Å². The summed E-state index contributed by atoms with van der Waals surface area (Å²) in [5.74, 6) is -1.01. The molecular formula is C11H21NO4S. The molecule has 6 heteroatoms. The van der Waals surface area contributed by atoms with Crippen LogP contribution in [0.4, 0.5) is 0 Å². The molecular weight excluding hydrogens is 242 g/mol. The molecule has 0 aliphatic heterocycles. The van der Waals surface area contributed by atoms with Crippen LogP contribution in [-0.2, 0) is 14.9 Å². The minimum Gasteiger partial charge on any atom is -0.347 e. The second kappa shape index (κ2) is 7.24. The van der Waals surface area contributed by atoms with Gasteiger partial charge in [-0.1, -0.05) is 12.2 Å². The molecule has 2 N–H and O–H groups in total. The van der Waals surface area contributed by atoms with Crippen molar-refractivity contribution in [3.63, 3.8) is 0 Å². The Hall–Kier alpha value is -1.14. The summed E-state index contributed by atoms with van der Waals surface area (Å²) >= 11 is 0. The highest BCUT2D eigenvalue weighted by Crippen LogP contribution is 2.05. The van der Waals surface area contributed by atoms with Crippen molar-refractivity contribution in [1.29, 1.82) is 0 Å². The van der Waals surface area contributed by atoms with Gasteiger partial charge < -0.3 is 5.32 Å². The zero-order valence-corrected chi connectivity index (χ0v) is 11.6. The lowest BCUT2D eigenvalue weighted by molar-refractivity contribution is -0.117. The van der Waals surface area contributed by atoms with E-state index in [0.29, 0.717) is 0 Å². The van der Waals surface area contributed by atoms with Crippen LogP contribution in [0.5, 0.6) is 0 Å². The Balaban J connectivity index is 0. The molecule has 1 amide bonds. The van der Waals surface area contributed by atoms with E-state index >= 15 is 0 Å². The SMILES string of the molecule is C=C(C)C.C=CC(=O)NC(C)(C)CS(=O)(=O)O. The summed E-state index contributed by atoms with van der Waals surface area (Å²) in [6, 6.07) is 0. The molecule has 100 valence electrons. The van der Waals surface area contributed by atoms with Crippen LogP contribution >= 0.6 is 0 Å². The summed E-state index contributed by atoms with van der Waals surface area (Å²) in [5.41, 5.74) is 0.166. The van der Waals surface area contributed by atoms with Gasteiger partial charge in [0, 0.05) is 0 Å². The van der Waals surface area contributed by atoms with Gasteiger partial charge in [-0.3, -0.25) is 9.35 Å². The number of carbonyl (C=O) groups is 1. The van der Waals surface area contributed by atoms with Crippen molar-refractivity contribution in [3.8, 4) is 0 Å². The molecule has 0 aliphatic carbocycles. The van der Waals surface area contributed by atoms with Gasteiger partial charge in [0.15, 0.2) is 0 Å². The molecule has 0 rings (SSSR count). The van der Waals surface area contributed by atoms with Gasteiger partial charge in [-0.05, 0) is 33.8 Å². The first kappa shape index (κ1) is 18.2. The third-order valence-electron chi connectivity index (χ3n) is 1.19. The van der Waals surface area contributed by atoms with Gasteiger partial charge in [0.05, 0.1) is 11.3 Å². The lowest BCUT2D eigenvalue weighted by Crippen LogP contribution is -2.47. The number of amides is 1. The molecule has 0 saturated carbocycles. The van der Waals surface area contributed by atoms with E-state index < -0.39 is 27.3 Å². The molecule has 0 aromatic heterocycles. The predicted octanol–water partition coefficient (Wildman–Crippen LogP) is 1.54. The van der Waals surface area contributed by atoms with Gasteiger partial charge in [-0.15, -0.1) is 6.58 Å². The molecule has 0 aliphatic rings. The van der Waals surface area contributed by atoms with E-state index in [1.807, 2.05) is 13.8 Å². The van der Waals surface area contributed by atoms with Gasteiger partial charge in [0.2, 0.25) is 5.91 Å². The molecule has 17 heavy (non-hydrogen) atoms. The molecule has 0 radical (unpaired) electrons. The van der Waals surface area contributed by atoms with Gasteiger partial charge in [-0.25, -0.2) is 0 Å². The van der Waals surface area contributed by atoms with Crippen molar-refractivity contribution >= 4 is 16.0 Å². The standard InChI is InChI=1S/C7H13NO4S.C4H8/c1-4-6(9)8-7(2,3)5-13(10,11)12;1-4(2)3/h4H,1,5H2,2-3H3,(H,8,9)(H,10,11,12);1H2,2-3H3. The fourth-order valence-corrected chi connectivity index (χ4v) is 1.86. The number of hydrogen-bond donors (Lipinski definition) is 2. The molecule has 0 saturated heterocycles. The average Bonchev–Trinajstić information content (AvgIpc) is 1.96. The highest BCUT2D eigenvalue weighted by atomic mass is 32.2. The van der Waals surface area contributed by atoms with Crippen LogP contribution in [-0.4, -0.2) is 30.2 Å². The molecule has 0 heterocycles. The Kier molecular flexibility index (Phi) is 7.76. The van der Waals surface area contributed by atoms with Gasteiger partial charge in [-0.2, -0.15) is 8.42 Å². The Morgan fingerprint density at radius 1 is 1.41 bits per heavy atom. The van der Waals surface area contributed by atoms with Crippen molar-refractivity contribution in [3.05, 3.63) is 24.8 Å². The maximum Gasteiger partial charge on any atom is 0.267 e. The second-order valence-electron chi connectivity index (χ2n) is 4.51. The highest BCUT2D eigenvalue weighted by Gasteiger charge is 2.25. The Labute approximate surface area is 103 Å². The summed E-state index contributed by atoms with van der Waals surface area (Å²) < 4.78 is 29.5. The second-order valence-corrected chi connectivity index (χ2v) is 5.96. The van der Waals surface area contributed by atoms with E-state index in [1.54, 1.807) is 0 Å². The minimum absolute atomic E-state index is 0.478. The number of carbonyl (C=O) groups excluding carboxylic acids is 1. The smallest absolute Gasteiger partial charge is 0.267 e. The van der Waals surface area contributed by atoms with Crippen molar-refractivity contribution in [2.24, 2.45) is 0 Å². The molecule has 0 unspecified atom stereocenters. The van der Waals surface area contributed by atoms with Gasteiger partial charge in [0.1, 0.15) is 0 Å². The maximum atomic E-state index is 10.8. The van der Waals surface area contributed by atoms with E-state index in [4.69, 9.17) is 4.55 Å². The third-order valence-corrected chi connectivity index (χ3v) is 2.28. The molecule has 0 aromatic carbocycles. The first-order valence-corrected chi connectivity index (χ1v) is 6.52. The summed E-state index contributed by atoms with van der Waals surface area (Å²) in [6.45, 7) is 13.7. The Bertz CT molecular complexity index is 378. The number of rotatable bonds is 4. The average molecular weight is 263 g/mol. The topological polar surface area (TPSA) is 83.5 Å². The van der Waals surface area contributed by atoms with E-state index in [1.165, 1.54) is 19.4 Å². The number of hydrogen-bond acceptors (Lipinski definition) is 3. The van der Waals surface area contributed by atoms with E-state index in [2.05, 4.69) is 18.5 Å². The van der Waals surface area contributed by atoms with Crippen molar-refractivity contribution in [2.45, 2.75) is 33.2 Å². The van der Waals surface area contributed by atoms with E-state index in [0.717, 1.165) is 6.08 Å². The third kappa shape index (κ3) is 17.5. The fourth-order valence-electron chi connectivity index (χ4n) is 0.877. The van der Waals surface area contributed by atoms with Crippen LogP contribution in [0, 0.1) is 0 Å². The van der Waals surface area contributed by atoms with Crippen molar-refractivity contribution < 1.29 is 17.8 Å². The quantitative estimate of drug-likeness (QED) is 0.458. The molecule has 0 atom stereocenters. The monoisotopic (exact) mass is 263 g/mol. The largest absolute Gasteiger partial charge is 0.347 e. The van der Waals surface area contributed by atoms with Crippen LogP contribution in [0.25, 0.3) is 0 Å². The number of allylic oxidation sites excluding steroid dienone is 1. The maximum absolute atomic E-state index is 10.8. The molecule has 0 fully saturated rings. The highest BCUT2D eigenvalue weighted by molar-refractivity contribution is 7.85.